The van der Waals surface area contributed by atoms with Crippen LogP contribution >= 0.6 is 0 Å². The molecule has 0 atom stereocenters. The summed E-state index contributed by atoms with van der Waals surface area (Å²) in [6.07, 6.45) is 5.87. The Labute approximate surface area is 205 Å². The zero-order valence-corrected chi connectivity index (χ0v) is 20.9. The molecule has 0 aliphatic carbocycles. The van der Waals surface area contributed by atoms with Gasteiger partial charge >= 0.3 is 10.2 Å². The highest BCUT2D eigenvalue weighted by Crippen LogP contribution is 2.28. The first kappa shape index (κ1) is 24.9. The highest BCUT2D eigenvalue weighted by Gasteiger charge is 2.20. The molecule has 3 aromatic rings. The monoisotopic (exact) mass is 498 g/mol. The van der Waals surface area contributed by atoms with Crippen LogP contribution in [0.4, 0.5) is 5.82 Å². The van der Waals surface area contributed by atoms with Gasteiger partial charge in [0.05, 0.1) is 6.54 Å². The molecule has 4 rings (SSSR count). The van der Waals surface area contributed by atoms with Crippen molar-refractivity contribution in [3.05, 3.63) is 65.1 Å². The lowest BCUT2D eigenvalue weighted by atomic mass is 10.1. The molecule has 186 valence electrons. The number of likely N-dealkylation sites (N-methyl/N-ethyl adjacent to an activating group) is 1. The van der Waals surface area contributed by atoms with E-state index in [1.165, 1.54) is 12.3 Å². The van der Waals surface area contributed by atoms with Gasteiger partial charge in [-0.15, -0.1) is 0 Å². The van der Waals surface area contributed by atoms with Crippen molar-refractivity contribution in [2.75, 3.05) is 25.0 Å². The Balaban J connectivity index is 1.34. The summed E-state index contributed by atoms with van der Waals surface area (Å²) in [5.41, 5.74) is 3.60. The van der Waals surface area contributed by atoms with Crippen LogP contribution in [0.25, 0.3) is 17.0 Å². The van der Waals surface area contributed by atoms with Gasteiger partial charge in [-0.05, 0) is 56.0 Å². The molecule has 1 aliphatic heterocycles. The molecule has 1 saturated heterocycles. The number of benzene rings is 1. The maximum atomic E-state index is 12.6. The fourth-order valence-corrected chi connectivity index (χ4v) is 5.07. The van der Waals surface area contributed by atoms with Crippen LogP contribution in [-0.4, -0.2) is 50.5 Å². The van der Waals surface area contributed by atoms with Crippen LogP contribution in [-0.2, 0) is 26.3 Å². The number of rotatable bonds is 8. The minimum Gasteiger partial charge on any atom is -0.459 e. The molecule has 0 unspecified atom stereocenters. The zero-order chi connectivity index (χ0) is 25.0. The predicted molar refractivity (Wildman–Crippen MR) is 135 cm³/mol. The molecule has 1 amide bonds. The number of ether oxygens (including phenoxy) is 1. The summed E-state index contributed by atoms with van der Waals surface area (Å²) in [5.74, 6) is 0.763. The molecule has 10 heteroatoms. The first-order valence-electron chi connectivity index (χ1n) is 11.5. The Morgan fingerprint density at radius 2 is 1.97 bits per heavy atom. The third kappa shape index (κ3) is 6.27. The minimum atomic E-state index is -3.74. The summed E-state index contributed by atoms with van der Waals surface area (Å²) in [7, 11) is -2.02. The molecule has 0 saturated carbocycles. The molecule has 1 aromatic carbocycles. The molecule has 9 nitrogen and oxygen atoms in total. The average molecular weight is 499 g/mol. The number of para-hydroxylation sites is 1. The van der Waals surface area contributed by atoms with Crippen LogP contribution in [0.1, 0.15) is 35.3 Å². The van der Waals surface area contributed by atoms with Gasteiger partial charge in [0.25, 0.3) is 0 Å². The van der Waals surface area contributed by atoms with E-state index in [9.17, 15) is 13.2 Å². The number of aryl methyl sites for hydroxylation is 2. The van der Waals surface area contributed by atoms with Gasteiger partial charge in [0.15, 0.2) is 0 Å². The smallest absolute Gasteiger partial charge is 0.300 e. The SMILES string of the molecule is Cc1c(CN(C)C(=O)/C=C/c2ccc(NS(=O)(=O)NC3CCOCC3)nc2)oc2c(C)cccc12. The van der Waals surface area contributed by atoms with Crippen molar-refractivity contribution >= 4 is 39.0 Å². The van der Waals surface area contributed by atoms with Crippen molar-refractivity contribution < 1.29 is 22.4 Å². The number of furan rings is 1. The van der Waals surface area contributed by atoms with Crippen molar-refractivity contribution in [2.24, 2.45) is 0 Å². The Bertz CT molecular complexity index is 1330. The van der Waals surface area contributed by atoms with Gasteiger partial charge in [-0.1, -0.05) is 18.2 Å². The van der Waals surface area contributed by atoms with E-state index in [2.05, 4.69) is 14.4 Å². The zero-order valence-electron chi connectivity index (χ0n) is 20.1. The molecular formula is C25H30N4O5S. The predicted octanol–water partition coefficient (Wildman–Crippen LogP) is 3.54. The number of aromatic nitrogens is 1. The highest BCUT2D eigenvalue weighted by molar-refractivity contribution is 7.90. The van der Waals surface area contributed by atoms with Gasteiger partial charge in [-0.3, -0.25) is 9.52 Å². The number of pyridine rings is 1. The van der Waals surface area contributed by atoms with Crippen LogP contribution in [0.2, 0.25) is 0 Å². The molecule has 0 spiro atoms. The van der Waals surface area contributed by atoms with Crippen LogP contribution < -0.4 is 9.44 Å². The molecular weight excluding hydrogens is 468 g/mol. The first-order valence-corrected chi connectivity index (χ1v) is 12.9. The second-order valence-electron chi connectivity index (χ2n) is 8.72. The number of hydrogen-bond acceptors (Lipinski definition) is 6. The molecule has 0 radical (unpaired) electrons. The fourth-order valence-electron chi connectivity index (χ4n) is 3.94. The Kier molecular flexibility index (Phi) is 7.54. The molecule has 35 heavy (non-hydrogen) atoms. The van der Waals surface area contributed by atoms with E-state index < -0.39 is 10.2 Å². The molecule has 1 aliphatic rings. The van der Waals surface area contributed by atoms with E-state index in [0.29, 0.717) is 38.2 Å². The van der Waals surface area contributed by atoms with Crippen molar-refractivity contribution in [3.8, 4) is 0 Å². The van der Waals surface area contributed by atoms with Gasteiger partial charge < -0.3 is 14.1 Å². The fraction of sp³-hybridized carbons (Fsp3) is 0.360. The Morgan fingerprint density at radius 3 is 2.66 bits per heavy atom. The average Bonchev–Trinajstić information content (AvgIpc) is 3.15. The van der Waals surface area contributed by atoms with E-state index >= 15 is 0 Å². The van der Waals surface area contributed by atoms with E-state index in [1.807, 2.05) is 32.0 Å². The maximum absolute atomic E-state index is 12.6. The van der Waals surface area contributed by atoms with E-state index in [-0.39, 0.29) is 17.8 Å². The summed E-state index contributed by atoms with van der Waals surface area (Å²) in [4.78, 5) is 18.3. The highest BCUT2D eigenvalue weighted by atomic mass is 32.2. The lowest BCUT2D eigenvalue weighted by molar-refractivity contribution is -0.125. The lowest BCUT2D eigenvalue weighted by Crippen LogP contribution is -2.41. The van der Waals surface area contributed by atoms with E-state index in [4.69, 9.17) is 9.15 Å². The van der Waals surface area contributed by atoms with Gasteiger partial charge in [-0.25, -0.2) is 4.98 Å². The maximum Gasteiger partial charge on any atom is 0.300 e. The van der Waals surface area contributed by atoms with Crippen molar-refractivity contribution in [1.82, 2.24) is 14.6 Å². The number of fused-ring (bicyclic) bond motifs is 1. The van der Waals surface area contributed by atoms with Crippen molar-refractivity contribution in [1.29, 1.82) is 0 Å². The number of carbonyl (C=O) groups is 1. The number of anilines is 1. The number of hydrogen-bond donors (Lipinski definition) is 2. The normalized spacial score (nSPS) is 15.1. The van der Waals surface area contributed by atoms with Gasteiger partial charge in [0.2, 0.25) is 5.91 Å². The van der Waals surface area contributed by atoms with Gasteiger partial charge in [0.1, 0.15) is 17.2 Å². The summed E-state index contributed by atoms with van der Waals surface area (Å²) in [6, 6.07) is 9.10. The quantitative estimate of drug-likeness (QED) is 0.459. The number of carbonyl (C=O) groups excluding carboxylic acids is 1. The number of nitrogens with one attached hydrogen (secondary N) is 2. The van der Waals surface area contributed by atoms with Crippen molar-refractivity contribution in [2.45, 2.75) is 39.3 Å². The molecule has 0 bridgehead atoms. The number of nitrogens with zero attached hydrogens (tertiary/aromatic N) is 2. The summed E-state index contributed by atoms with van der Waals surface area (Å²) in [5, 5.41) is 1.06. The lowest BCUT2D eigenvalue weighted by Gasteiger charge is -2.23. The van der Waals surface area contributed by atoms with E-state index in [1.54, 1.807) is 30.2 Å². The summed E-state index contributed by atoms with van der Waals surface area (Å²) in [6.45, 7) is 5.42. The standard InChI is InChI=1S/C25H30N4O5S/c1-17-5-4-6-21-18(2)22(34-25(17)21)16-29(3)24(30)10-8-19-7-9-23(26-15-19)28-35(31,32)27-20-11-13-33-14-12-20/h4-10,15,20,27H,11-14,16H2,1-3H3,(H,26,28)/b10-8+. The van der Waals surface area contributed by atoms with Gasteiger partial charge in [-0.2, -0.15) is 13.1 Å². The second kappa shape index (κ2) is 10.6. The summed E-state index contributed by atoms with van der Waals surface area (Å²) < 4.78 is 40.9. The third-order valence-electron chi connectivity index (χ3n) is 6.00. The van der Waals surface area contributed by atoms with Crippen LogP contribution in [0, 0.1) is 13.8 Å². The largest absolute Gasteiger partial charge is 0.459 e. The van der Waals surface area contributed by atoms with E-state index in [0.717, 1.165) is 27.9 Å². The Hall–Kier alpha value is -3.21. The first-order chi connectivity index (χ1) is 16.7. The van der Waals surface area contributed by atoms with Crippen LogP contribution in [0.3, 0.4) is 0 Å². The molecule has 3 heterocycles. The Morgan fingerprint density at radius 1 is 1.20 bits per heavy atom. The number of amides is 1. The summed E-state index contributed by atoms with van der Waals surface area (Å²) >= 11 is 0. The minimum absolute atomic E-state index is 0.154. The van der Waals surface area contributed by atoms with Gasteiger partial charge in [0, 0.05) is 49.5 Å². The van der Waals surface area contributed by atoms with Crippen LogP contribution in [0.15, 0.2) is 47.0 Å². The molecule has 1 fully saturated rings. The van der Waals surface area contributed by atoms with Crippen molar-refractivity contribution in [3.63, 3.8) is 0 Å². The molecule has 2 aromatic heterocycles. The molecule has 2 N–H and O–H groups in total. The third-order valence-corrected chi connectivity index (χ3v) is 7.12. The topological polar surface area (TPSA) is 114 Å². The second-order valence-corrected chi connectivity index (χ2v) is 10.2. The van der Waals surface area contributed by atoms with Crippen LogP contribution in [0.5, 0.6) is 0 Å².